The Bertz CT molecular complexity index is 698. The summed E-state index contributed by atoms with van der Waals surface area (Å²) < 4.78 is 0. The number of rotatable bonds is 4. The van der Waals surface area contributed by atoms with Crippen LogP contribution in [-0.4, -0.2) is 21.8 Å². The van der Waals surface area contributed by atoms with Gasteiger partial charge in [-0.3, -0.25) is 15.5 Å². The molecule has 0 amide bonds. The summed E-state index contributed by atoms with van der Waals surface area (Å²) in [6, 6.07) is 6.37. The first-order valence-corrected chi connectivity index (χ1v) is 9.28. The Balaban J connectivity index is 1.35. The maximum atomic E-state index is 10.8. The summed E-state index contributed by atoms with van der Waals surface area (Å²) in [7, 11) is 0. The van der Waals surface area contributed by atoms with Gasteiger partial charge in [-0.15, -0.1) is 0 Å². The highest BCUT2D eigenvalue weighted by Crippen LogP contribution is 2.55. The topological polar surface area (TPSA) is 79.6 Å². The van der Waals surface area contributed by atoms with Crippen LogP contribution in [0.2, 0.25) is 0 Å². The largest absolute Gasteiger partial charge is 0.356 e. The molecule has 7 heteroatoms. The lowest BCUT2D eigenvalue weighted by Crippen LogP contribution is -2.61. The number of hydrogen-bond acceptors (Lipinski definition) is 4. The van der Waals surface area contributed by atoms with Crippen molar-refractivity contribution in [2.45, 2.75) is 44.1 Å². The van der Waals surface area contributed by atoms with Gasteiger partial charge in [0, 0.05) is 23.2 Å². The van der Waals surface area contributed by atoms with E-state index in [4.69, 9.17) is 12.2 Å². The lowest BCUT2D eigenvalue weighted by Gasteiger charge is -2.57. The molecule has 0 atom stereocenters. The predicted molar refractivity (Wildman–Crippen MR) is 100 cm³/mol. The van der Waals surface area contributed by atoms with Crippen molar-refractivity contribution in [3.63, 3.8) is 0 Å². The summed E-state index contributed by atoms with van der Waals surface area (Å²) in [6.45, 7) is 0. The molecule has 132 valence electrons. The molecule has 6 nitrogen and oxygen atoms in total. The molecule has 0 heterocycles. The number of nitro groups is 1. The summed E-state index contributed by atoms with van der Waals surface area (Å²) in [5.41, 5.74) is 3.75. The van der Waals surface area contributed by atoms with Crippen LogP contribution < -0.4 is 10.7 Å². The van der Waals surface area contributed by atoms with Gasteiger partial charge < -0.3 is 5.32 Å². The van der Waals surface area contributed by atoms with E-state index in [1.165, 1.54) is 50.7 Å². The van der Waals surface area contributed by atoms with Crippen LogP contribution in [0.4, 0.5) is 5.69 Å². The van der Waals surface area contributed by atoms with Gasteiger partial charge in [0.25, 0.3) is 5.69 Å². The lowest BCUT2D eigenvalue weighted by atomic mass is 9.53. The number of nitrogens with one attached hydrogen (secondary N) is 2. The molecule has 25 heavy (non-hydrogen) atoms. The Kier molecular flexibility index (Phi) is 4.19. The summed E-state index contributed by atoms with van der Waals surface area (Å²) in [5, 5.41) is 19.0. The number of hydrogen-bond donors (Lipinski definition) is 2. The standard InChI is InChI=1S/C18H22N4O2S/c23-22(24)16-3-1-2-12(7-16)11-19-21-17(25)20-18-8-13-4-14(9-18)6-15(5-13)10-18/h1-3,7,11,13-15H,4-6,8-10H2,(H2,20,21,25)/b19-11+. The smallest absolute Gasteiger partial charge is 0.270 e. The number of benzene rings is 1. The van der Waals surface area contributed by atoms with Gasteiger partial charge in [-0.25, -0.2) is 0 Å². The number of non-ortho nitro benzene ring substituents is 1. The fraction of sp³-hybridized carbons (Fsp3) is 0.556. The van der Waals surface area contributed by atoms with E-state index >= 15 is 0 Å². The normalized spacial score (nSPS) is 32.7. The maximum absolute atomic E-state index is 10.8. The van der Waals surface area contributed by atoms with Crippen LogP contribution in [-0.2, 0) is 0 Å². The molecule has 0 spiro atoms. The maximum Gasteiger partial charge on any atom is 0.270 e. The molecular weight excluding hydrogens is 336 g/mol. The van der Waals surface area contributed by atoms with Crippen molar-refractivity contribution in [3.05, 3.63) is 39.9 Å². The van der Waals surface area contributed by atoms with Crippen molar-refractivity contribution < 1.29 is 4.92 Å². The zero-order chi connectivity index (χ0) is 17.4. The van der Waals surface area contributed by atoms with Crippen molar-refractivity contribution in [3.8, 4) is 0 Å². The molecule has 4 fully saturated rings. The predicted octanol–water partition coefficient (Wildman–Crippen LogP) is 3.36. The molecule has 1 aromatic rings. The van der Waals surface area contributed by atoms with Crippen LogP contribution in [0.1, 0.15) is 44.1 Å². The Morgan fingerprint density at radius 1 is 1.24 bits per heavy atom. The van der Waals surface area contributed by atoms with Crippen molar-refractivity contribution in [1.82, 2.24) is 10.7 Å². The van der Waals surface area contributed by atoms with E-state index in [-0.39, 0.29) is 11.2 Å². The molecule has 1 aromatic carbocycles. The Hall–Kier alpha value is -2.02. The molecular formula is C18H22N4O2S. The van der Waals surface area contributed by atoms with E-state index in [2.05, 4.69) is 15.8 Å². The SMILES string of the molecule is O=[N+]([O-])c1cccc(/C=N/NC(=S)NC23CC4CC(CC(C4)C2)C3)c1. The van der Waals surface area contributed by atoms with E-state index < -0.39 is 4.92 Å². The molecule has 0 aromatic heterocycles. The van der Waals surface area contributed by atoms with Crippen LogP contribution in [0.3, 0.4) is 0 Å². The second kappa shape index (κ2) is 6.37. The van der Waals surface area contributed by atoms with Gasteiger partial charge in [-0.1, -0.05) is 12.1 Å². The van der Waals surface area contributed by atoms with E-state index in [1.54, 1.807) is 18.3 Å². The van der Waals surface area contributed by atoms with Gasteiger partial charge in [0.15, 0.2) is 5.11 Å². The average Bonchev–Trinajstić information content (AvgIpc) is 2.53. The van der Waals surface area contributed by atoms with E-state index in [0.29, 0.717) is 10.7 Å². The highest BCUT2D eigenvalue weighted by molar-refractivity contribution is 7.80. The van der Waals surface area contributed by atoms with E-state index in [0.717, 1.165) is 17.8 Å². The fourth-order valence-corrected chi connectivity index (χ4v) is 5.69. The van der Waals surface area contributed by atoms with Gasteiger partial charge >= 0.3 is 0 Å². The highest BCUT2D eigenvalue weighted by Gasteiger charge is 2.51. The van der Waals surface area contributed by atoms with Crippen molar-refractivity contribution >= 4 is 29.2 Å². The number of nitro benzene ring substituents is 1. The molecule has 0 unspecified atom stereocenters. The zero-order valence-corrected chi connectivity index (χ0v) is 14.8. The third-order valence-electron chi connectivity index (χ3n) is 5.88. The molecule has 0 radical (unpaired) electrons. The molecule has 2 N–H and O–H groups in total. The first-order valence-electron chi connectivity index (χ1n) is 8.87. The van der Waals surface area contributed by atoms with Crippen LogP contribution in [0, 0.1) is 27.9 Å². The minimum absolute atomic E-state index is 0.0539. The lowest BCUT2D eigenvalue weighted by molar-refractivity contribution is -0.384. The molecule has 4 aliphatic carbocycles. The second-order valence-electron chi connectivity index (χ2n) is 7.87. The molecule has 5 rings (SSSR count). The quantitative estimate of drug-likeness (QED) is 0.373. The zero-order valence-electron chi connectivity index (χ0n) is 14.0. The third kappa shape index (κ3) is 3.51. The Morgan fingerprint density at radius 2 is 1.88 bits per heavy atom. The molecule has 4 aliphatic rings. The van der Waals surface area contributed by atoms with E-state index in [1.807, 2.05) is 0 Å². The number of thiocarbonyl (C=S) groups is 1. The highest BCUT2D eigenvalue weighted by atomic mass is 32.1. The van der Waals surface area contributed by atoms with Crippen LogP contribution in [0.5, 0.6) is 0 Å². The number of nitrogens with zero attached hydrogens (tertiary/aromatic N) is 2. The average molecular weight is 358 g/mol. The van der Waals surface area contributed by atoms with Crippen molar-refractivity contribution in [1.29, 1.82) is 0 Å². The first kappa shape index (κ1) is 16.4. The minimum Gasteiger partial charge on any atom is -0.356 e. The summed E-state index contributed by atoms with van der Waals surface area (Å²) in [6.07, 6.45) is 9.39. The van der Waals surface area contributed by atoms with Gasteiger partial charge in [0.2, 0.25) is 0 Å². The summed E-state index contributed by atoms with van der Waals surface area (Å²) in [5.74, 6) is 2.57. The monoisotopic (exact) mass is 358 g/mol. The Morgan fingerprint density at radius 3 is 2.48 bits per heavy atom. The molecule has 4 saturated carbocycles. The van der Waals surface area contributed by atoms with E-state index in [9.17, 15) is 10.1 Å². The van der Waals surface area contributed by atoms with Crippen LogP contribution >= 0.6 is 12.2 Å². The molecule has 4 bridgehead atoms. The minimum atomic E-state index is -0.413. The van der Waals surface area contributed by atoms with Crippen molar-refractivity contribution in [2.24, 2.45) is 22.9 Å². The first-order chi connectivity index (χ1) is 12.0. The van der Waals surface area contributed by atoms with Crippen LogP contribution in [0.25, 0.3) is 0 Å². The van der Waals surface area contributed by atoms with Gasteiger partial charge in [-0.2, -0.15) is 5.10 Å². The Labute approximate surface area is 152 Å². The molecule has 0 saturated heterocycles. The second-order valence-corrected chi connectivity index (χ2v) is 8.28. The number of hydrazone groups is 1. The van der Waals surface area contributed by atoms with Crippen LogP contribution in [0.15, 0.2) is 29.4 Å². The molecule has 0 aliphatic heterocycles. The van der Waals surface area contributed by atoms with Gasteiger partial charge in [0.1, 0.15) is 0 Å². The van der Waals surface area contributed by atoms with Gasteiger partial charge in [-0.05, 0) is 68.5 Å². The van der Waals surface area contributed by atoms with Gasteiger partial charge in [0.05, 0.1) is 11.1 Å². The summed E-state index contributed by atoms with van der Waals surface area (Å²) >= 11 is 5.43. The third-order valence-corrected chi connectivity index (χ3v) is 6.07. The fourth-order valence-electron chi connectivity index (χ4n) is 5.42. The summed E-state index contributed by atoms with van der Waals surface area (Å²) in [4.78, 5) is 10.4. The van der Waals surface area contributed by atoms with Crippen molar-refractivity contribution in [2.75, 3.05) is 0 Å².